The molecule has 4 N–H and O–H groups in total. The highest BCUT2D eigenvalue weighted by molar-refractivity contribution is 7.09. The van der Waals surface area contributed by atoms with Crippen molar-refractivity contribution in [3.63, 3.8) is 0 Å². The van der Waals surface area contributed by atoms with Gasteiger partial charge in [0, 0.05) is 29.1 Å². The second-order valence-corrected chi connectivity index (χ2v) is 6.72. The quantitative estimate of drug-likeness (QED) is 0.748. The largest absolute Gasteiger partial charge is 0.350 e. The molecule has 0 aliphatic rings. The van der Waals surface area contributed by atoms with Crippen LogP contribution in [0.2, 0.25) is 0 Å². The van der Waals surface area contributed by atoms with Crippen LogP contribution >= 0.6 is 11.3 Å². The minimum atomic E-state index is -0.270. The van der Waals surface area contributed by atoms with Gasteiger partial charge in [-0.2, -0.15) is 0 Å². The molecule has 0 unspecified atom stereocenters. The summed E-state index contributed by atoms with van der Waals surface area (Å²) in [6, 6.07) is 5.28. The highest BCUT2D eigenvalue weighted by atomic mass is 32.1. The van der Waals surface area contributed by atoms with Gasteiger partial charge < -0.3 is 16.4 Å². The molecule has 2 amide bonds. The number of nitrogens with two attached hydrogens (primary N) is 1. The second kappa shape index (κ2) is 8.03. The number of nitrogens with one attached hydrogen (secondary N) is 2. The van der Waals surface area contributed by atoms with Crippen LogP contribution in [0.25, 0.3) is 0 Å². The molecule has 128 valence electrons. The first-order valence-corrected chi connectivity index (χ1v) is 8.66. The van der Waals surface area contributed by atoms with Gasteiger partial charge in [0.15, 0.2) is 0 Å². The van der Waals surface area contributed by atoms with Crippen LogP contribution in [0.15, 0.2) is 23.6 Å². The molecule has 0 saturated carbocycles. The standard InChI is InChI=1S/C17H22N4O2S/c1-10(2)19-16(22)13-5-4-12(8-11(13)3)20-17(23)14-9-24-15(21-14)6-7-18/h4-5,8-10H,6-7,18H2,1-3H3,(H,19,22)(H,20,23). The number of aromatic nitrogens is 1. The van der Waals surface area contributed by atoms with Gasteiger partial charge in [-0.15, -0.1) is 11.3 Å². The molecule has 0 aliphatic carbocycles. The molecule has 0 saturated heterocycles. The number of carbonyl (C=O) groups excluding carboxylic acids is 2. The number of amides is 2. The zero-order valence-corrected chi connectivity index (χ0v) is 14.9. The predicted molar refractivity (Wildman–Crippen MR) is 96.6 cm³/mol. The number of aryl methyl sites for hydroxylation is 1. The Morgan fingerprint density at radius 3 is 2.67 bits per heavy atom. The van der Waals surface area contributed by atoms with Crippen molar-refractivity contribution < 1.29 is 9.59 Å². The first-order valence-electron chi connectivity index (χ1n) is 7.78. The lowest BCUT2D eigenvalue weighted by molar-refractivity contribution is 0.0942. The van der Waals surface area contributed by atoms with Gasteiger partial charge in [-0.05, 0) is 51.1 Å². The summed E-state index contributed by atoms with van der Waals surface area (Å²) in [4.78, 5) is 28.6. The summed E-state index contributed by atoms with van der Waals surface area (Å²) in [6.45, 7) is 6.17. The molecule has 2 rings (SSSR count). The molecule has 0 atom stereocenters. The second-order valence-electron chi connectivity index (χ2n) is 5.78. The minimum absolute atomic E-state index is 0.0728. The van der Waals surface area contributed by atoms with Crippen molar-refractivity contribution in [2.24, 2.45) is 5.73 Å². The van der Waals surface area contributed by atoms with Crippen LogP contribution < -0.4 is 16.4 Å². The van der Waals surface area contributed by atoms with Gasteiger partial charge in [-0.3, -0.25) is 9.59 Å². The highest BCUT2D eigenvalue weighted by Gasteiger charge is 2.13. The molecule has 7 heteroatoms. The number of rotatable bonds is 6. The number of benzene rings is 1. The van der Waals surface area contributed by atoms with E-state index >= 15 is 0 Å². The van der Waals surface area contributed by atoms with E-state index in [2.05, 4.69) is 15.6 Å². The van der Waals surface area contributed by atoms with E-state index < -0.39 is 0 Å². The molecule has 0 spiro atoms. The van der Waals surface area contributed by atoms with Crippen molar-refractivity contribution in [3.8, 4) is 0 Å². The molecule has 6 nitrogen and oxygen atoms in total. The Kier molecular flexibility index (Phi) is 6.05. The van der Waals surface area contributed by atoms with Crippen molar-refractivity contribution in [2.45, 2.75) is 33.2 Å². The Morgan fingerprint density at radius 2 is 2.04 bits per heavy atom. The summed E-state index contributed by atoms with van der Waals surface area (Å²) in [5.74, 6) is -0.389. The third-order valence-electron chi connectivity index (χ3n) is 3.29. The van der Waals surface area contributed by atoms with Crippen molar-refractivity contribution in [2.75, 3.05) is 11.9 Å². The van der Waals surface area contributed by atoms with Crippen LogP contribution in [0.3, 0.4) is 0 Å². The normalized spacial score (nSPS) is 10.7. The van der Waals surface area contributed by atoms with E-state index in [1.807, 2.05) is 20.8 Å². The first-order chi connectivity index (χ1) is 11.4. The molecular weight excluding hydrogens is 324 g/mol. The van der Waals surface area contributed by atoms with Crippen LogP contribution in [0.5, 0.6) is 0 Å². The average molecular weight is 346 g/mol. The van der Waals surface area contributed by atoms with Gasteiger partial charge in [-0.25, -0.2) is 4.98 Å². The molecule has 1 aromatic heterocycles. The Morgan fingerprint density at radius 1 is 1.29 bits per heavy atom. The molecule has 24 heavy (non-hydrogen) atoms. The van der Waals surface area contributed by atoms with E-state index in [1.165, 1.54) is 11.3 Å². The maximum Gasteiger partial charge on any atom is 0.275 e. The van der Waals surface area contributed by atoms with Crippen LogP contribution in [-0.2, 0) is 6.42 Å². The molecule has 0 aliphatic heterocycles. The number of hydrogen-bond acceptors (Lipinski definition) is 5. The minimum Gasteiger partial charge on any atom is -0.350 e. The summed E-state index contributed by atoms with van der Waals surface area (Å²) in [6.07, 6.45) is 0.663. The van der Waals surface area contributed by atoms with Crippen molar-refractivity contribution >= 4 is 28.8 Å². The van der Waals surface area contributed by atoms with E-state index in [1.54, 1.807) is 23.6 Å². The molecule has 0 bridgehead atoms. The lowest BCUT2D eigenvalue weighted by atomic mass is 10.1. The maximum atomic E-state index is 12.2. The Bertz CT molecular complexity index is 740. The van der Waals surface area contributed by atoms with E-state index in [-0.39, 0.29) is 17.9 Å². The average Bonchev–Trinajstić information content (AvgIpc) is 2.95. The topological polar surface area (TPSA) is 97.1 Å². The maximum absolute atomic E-state index is 12.2. The Hall–Kier alpha value is -2.25. The molecule has 0 fully saturated rings. The van der Waals surface area contributed by atoms with E-state index in [0.29, 0.717) is 29.9 Å². The summed E-state index contributed by atoms with van der Waals surface area (Å²) < 4.78 is 0. The molecule has 1 aromatic carbocycles. The summed E-state index contributed by atoms with van der Waals surface area (Å²) in [5, 5.41) is 8.23. The summed E-state index contributed by atoms with van der Waals surface area (Å²) in [5.41, 5.74) is 7.89. The van der Waals surface area contributed by atoms with Crippen molar-refractivity contribution in [3.05, 3.63) is 45.4 Å². The molecular formula is C17H22N4O2S. The van der Waals surface area contributed by atoms with Crippen LogP contribution in [-0.4, -0.2) is 29.4 Å². The van der Waals surface area contributed by atoms with Gasteiger partial charge in [0.2, 0.25) is 0 Å². The Labute approximate surface area is 145 Å². The lowest BCUT2D eigenvalue weighted by Gasteiger charge is -2.12. The fourth-order valence-corrected chi connectivity index (χ4v) is 2.98. The number of nitrogens with zero attached hydrogens (tertiary/aromatic N) is 1. The first kappa shape index (κ1) is 18.1. The van der Waals surface area contributed by atoms with Gasteiger partial charge in [-0.1, -0.05) is 0 Å². The third-order valence-corrected chi connectivity index (χ3v) is 4.20. The Balaban J connectivity index is 2.08. The van der Waals surface area contributed by atoms with Crippen LogP contribution in [0.1, 0.15) is 45.3 Å². The zero-order valence-electron chi connectivity index (χ0n) is 14.1. The van der Waals surface area contributed by atoms with Gasteiger partial charge in [0.1, 0.15) is 5.69 Å². The van der Waals surface area contributed by atoms with E-state index in [0.717, 1.165) is 10.6 Å². The molecule has 2 aromatic rings. The predicted octanol–water partition coefficient (Wildman–Crippen LogP) is 2.34. The van der Waals surface area contributed by atoms with E-state index in [4.69, 9.17) is 5.73 Å². The van der Waals surface area contributed by atoms with Crippen LogP contribution in [0.4, 0.5) is 5.69 Å². The monoisotopic (exact) mass is 346 g/mol. The van der Waals surface area contributed by atoms with Crippen LogP contribution in [0, 0.1) is 6.92 Å². The highest BCUT2D eigenvalue weighted by Crippen LogP contribution is 2.17. The smallest absolute Gasteiger partial charge is 0.275 e. The van der Waals surface area contributed by atoms with Gasteiger partial charge in [0.25, 0.3) is 11.8 Å². The zero-order chi connectivity index (χ0) is 17.7. The SMILES string of the molecule is Cc1cc(NC(=O)c2csc(CCN)n2)ccc1C(=O)NC(C)C. The molecule has 1 heterocycles. The summed E-state index contributed by atoms with van der Waals surface area (Å²) in [7, 11) is 0. The van der Waals surface area contributed by atoms with Crippen molar-refractivity contribution in [1.29, 1.82) is 0 Å². The van der Waals surface area contributed by atoms with Gasteiger partial charge >= 0.3 is 0 Å². The lowest BCUT2D eigenvalue weighted by Crippen LogP contribution is -2.30. The fraction of sp³-hybridized carbons (Fsp3) is 0.353. The van der Waals surface area contributed by atoms with Crippen molar-refractivity contribution in [1.82, 2.24) is 10.3 Å². The third kappa shape index (κ3) is 4.62. The van der Waals surface area contributed by atoms with E-state index in [9.17, 15) is 9.59 Å². The fourth-order valence-electron chi connectivity index (χ4n) is 2.18. The molecule has 0 radical (unpaired) electrons. The summed E-state index contributed by atoms with van der Waals surface area (Å²) >= 11 is 1.42. The van der Waals surface area contributed by atoms with Gasteiger partial charge in [0.05, 0.1) is 5.01 Å². The number of carbonyl (C=O) groups is 2. The number of hydrogen-bond donors (Lipinski definition) is 3. The number of thiazole rings is 1. The number of anilines is 1.